The van der Waals surface area contributed by atoms with Gasteiger partial charge in [0.25, 0.3) is 10.0 Å². The third kappa shape index (κ3) is 3.62. The lowest BCUT2D eigenvalue weighted by molar-refractivity contribution is 0.337. The van der Waals surface area contributed by atoms with Crippen molar-refractivity contribution in [2.75, 3.05) is 11.3 Å². The van der Waals surface area contributed by atoms with Crippen LogP contribution in [0.1, 0.15) is 23.6 Å². The maximum atomic E-state index is 12.7. The van der Waals surface area contributed by atoms with Crippen molar-refractivity contribution in [1.29, 1.82) is 0 Å². The Morgan fingerprint density at radius 3 is 2.39 bits per heavy atom. The van der Waals surface area contributed by atoms with Crippen LogP contribution in [0.3, 0.4) is 0 Å². The van der Waals surface area contributed by atoms with Gasteiger partial charge < -0.3 is 4.74 Å². The van der Waals surface area contributed by atoms with E-state index in [1.54, 1.807) is 44.2 Å². The highest BCUT2D eigenvalue weighted by molar-refractivity contribution is 7.92. The molecule has 2 rings (SSSR count). The van der Waals surface area contributed by atoms with Crippen LogP contribution < -0.4 is 9.46 Å². The van der Waals surface area contributed by atoms with E-state index in [9.17, 15) is 8.42 Å². The first-order valence-electron chi connectivity index (χ1n) is 7.29. The smallest absolute Gasteiger partial charge is 0.262 e. The Balaban J connectivity index is 2.44. The number of rotatable bonds is 5. The predicted molar refractivity (Wildman–Crippen MR) is 94.1 cm³/mol. The minimum atomic E-state index is -3.70. The number of anilines is 1. The minimum Gasteiger partial charge on any atom is -0.494 e. The lowest BCUT2D eigenvalue weighted by Crippen LogP contribution is -2.16. The number of hydrogen-bond donors (Lipinski definition) is 1. The van der Waals surface area contributed by atoms with Gasteiger partial charge in [-0.15, -0.1) is 0 Å². The Morgan fingerprint density at radius 2 is 1.74 bits per heavy atom. The van der Waals surface area contributed by atoms with Crippen LogP contribution in [0.25, 0.3) is 0 Å². The molecule has 1 N–H and O–H groups in total. The zero-order chi connectivity index (χ0) is 17.2. The molecule has 0 spiro atoms. The fourth-order valence-corrected chi connectivity index (χ4v) is 3.89. The molecule has 23 heavy (non-hydrogen) atoms. The molecule has 0 aliphatic rings. The third-order valence-electron chi connectivity index (χ3n) is 3.79. The number of sulfonamides is 1. The van der Waals surface area contributed by atoms with Crippen molar-refractivity contribution in [1.82, 2.24) is 0 Å². The van der Waals surface area contributed by atoms with Crippen LogP contribution in [0, 0.1) is 20.8 Å². The molecular weight excluding hydrogens is 334 g/mol. The van der Waals surface area contributed by atoms with E-state index in [4.69, 9.17) is 16.3 Å². The summed E-state index contributed by atoms with van der Waals surface area (Å²) in [5.74, 6) is 0.697. The number of halogens is 1. The molecule has 2 aromatic rings. The molecule has 0 saturated heterocycles. The maximum Gasteiger partial charge on any atom is 0.262 e. The molecule has 124 valence electrons. The summed E-state index contributed by atoms with van der Waals surface area (Å²) in [7, 11) is -3.70. The second kappa shape index (κ2) is 6.81. The monoisotopic (exact) mass is 353 g/mol. The van der Waals surface area contributed by atoms with Gasteiger partial charge in [-0.05, 0) is 68.7 Å². The molecule has 6 heteroatoms. The Hall–Kier alpha value is -1.72. The molecule has 0 aliphatic carbocycles. The molecule has 0 fully saturated rings. The topological polar surface area (TPSA) is 55.4 Å². The van der Waals surface area contributed by atoms with Gasteiger partial charge in [-0.3, -0.25) is 4.72 Å². The van der Waals surface area contributed by atoms with Gasteiger partial charge in [-0.2, -0.15) is 0 Å². The number of benzene rings is 2. The summed E-state index contributed by atoms with van der Waals surface area (Å²) >= 11 is 6.05. The molecule has 0 saturated carbocycles. The summed E-state index contributed by atoms with van der Waals surface area (Å²) < 4.78 is 33.5. The van der Waals surface area contributed by atoms with Gasteiger partial charge in [0, 0.05) is 5.02 Å². The first kappa shape index (κ1) is 17.6. The average molecular weight is 354 g/mol. The summed E-state index contributed by atoms with van der Waals surface area (Å²) in [6, 6.07) is 8.38. The fourth-order valence-electron chi connectivity index (χ4n) is 2.29. The summed E-state index contributed by atoms with van der Waals surface area (Å²) in [5.41, 5.74) is 2.65. The largest absolute Gasteiger partial charge is 0.494 e. The van der Waals surface area contributed by atoms with Crippen LogP contribution in [0.2, 0.25) is 5.02 Å². The highest BCUT2D eigenvalue weighted by Gasteiger charge is 2.20. The van der Waals surface area contributed by atoms with Crippen molar-refractivity contribution in [3.63, 3.8) is 0 Å². The molecule has 4 nitrogen and oxygen atoms in total. The molecule has 0 radical (unpaired) electrons. The van der Waals surface area contributed by atoms with E-state index in [2.05, 4.69) is 4.72 Å². The number of ether oxygens (including phenoxy) is 1. The first-order valence-corrected chi connectivity index (χ1v) is 9.15. The maximum absolute atomic E-state index is 12.7. The van der Waals surface area contributed by atoms with Gasteiger partial charge in [0.05, 0.1) is 17.2 Å². The van der Waals surface area contributed by atoms with Crippen LogP contribution in [0.4, 0.5) is 5.69 Å². The van der Waals surface area contributed by atoms with E-state index in [1.807, 2.05) is 13.8 Å². The molecule has 0 aromatic heterocycles. The Labute approximate surface area is 142 Å². The SMILES string of the molecule is CCOc1ccc(S(=O)(=O)Nc2cccc(Cl)c2C)c(C)c1C. The van der Waals surface area contributed by atoms with Crippen LogP contribution in [0.5, 0.6) is 5.75 Å². The van der Waals surface area contributed by atoms with Gasteiger partial charge in [-0.1, -0.05) is 17.7 Å². The number of hydrogen-bond acceptors (Lipinski definition) is 3. The average Bonchev–Trinajstić information content (AvgIpc) is 2.48. The molecule has 2 aromatic carbocycles. The normalized spacial score (nSPS) is 11.3. The Morgan fingerprint density at radius 1 is 1.04 bits per heavy atom. The van der Waals surface area contributed by atoms with Gasteiger partial charge in [0.2, 0.25) is 0 Å². The summed E-state index contributed by atoms with van der Waals surface area (Å²) in [6.07, 6.45) is 0. The number of nitrogens with one attached hydrogen (secondary N) is 1. The van der Waals surface area contributed by atoms with Crippen LogP contribution in [-0.2, 0) is 10.0 Å². The molecule has 0 amide bonds. The Kier molecular flexibility index (Phi) is 5.22. The molecule has 0 bridgehead atoms. The van der Waals surface area contributed by atoms with Crippen molar-refractivity contribution < 1.29 is 13.2 Å². The second-order valence-corrected chi connectivity index (χ2v) is 7.32. The van der Waals surface area contributed by atoms with E-state index >= 15 is 0 Å². The van der Waals surface area contributed by atoms with Gasteiger partial charge >= 0.3 is 0 Å². The predicted octanol–water partition coefficient (Wildman–Crippen LogP) is 4.46. The lowest BCUT2D eigenvalue weighted by Gasteiger charge is -2.16. The molecular formula is C17H20ClNO3S. The van der Waals surface area contributed by atoms with E-state index in [0.29, 0.717) is 34.2 Å². The van der Waals surface area contributed by atoms with Crippen molar-refractivity contribution in [2.24, 2.45) is 0 Å². The van der Waals surface area contributed by atoms with Crippen LogP contribution in [0.15, 0.2) is 35.2 Å². The van der Waals surface area contributed by atoms with E-state index < -0.39 is 10.0 Å². The van der Waals surface area contributed by atoms with E-state index in [1.165, 1.54) is 0 Å². The summed E-state index contributed by atoms with van der Waals surface area (Å²) in [6.45, 7) is 7.83. The lowest BCUT2D eigenvalue weighted by atomic mass is 10.1. The molecule has 0 aliphatic heterocycles. The zero-order valence-electron chi connectivity index (χ0n) is 13.6. The van der Waals surface area contributed by atoms with Crippen LogP contribution in [-0.4, -0.2) is 15.0 Å². The third-order valence-corrected chi connectivity index (χ3v) is 5.71. The molecule has 0 unspecified atom stereocenters. The van der Waals surface area contributed by atoms with Crippen molar-refractivity contribution >= 4 is 27.3 Å². The summed E-state index contributed by atoms with van der Waals surface area (Å²) in [5, 5.41) is 0.518. The second-order valence-electron chi connectivity index (χ2n) is 5.26. The summed E-state index contributed by atoms with van der Waals surface area (Å²) in [4.78, 5) is 0.234. The minimum absolute atomic E-state index is 0.234. The molecule has 0 heterocycles. The van der Waals surface area contributed by atoms with E-state index in [0.717, 1.165) is 5.56 Å². The highest BCUT2D eigenvalue weighted by Crippen LogP contribution is 2.30. The standard InChI is InChI=1S/C17H20ClNO3S/c1-5-22-16-9-10-17(12(3)11(16)2)23(20,21)19-15-8-6-7-14(18)13(15)4/h6-10,19H,5H2,1-4H3. The Bertz CT molecular complexity index is 832. The van der Waals surface area contributed by atoms with Crippen LogP contribution >= 0.6 is 11.6 Å². The molecule has 0 atom stereocenters. The van der Waals surface area contributed by atoms with Gasteiger partial charge in [0.15, 0.2) is 0 Å². The van der Waals surface area contributed by atoms with Crippen molar-refractivity contribution in [3.05, 3.63) is 52.0 Å². The van der Waals surface area contributed by atoms with Gasteiger partial charge in [-0.25, -0.2) is 8.42 Å². The quantitative estimate of drug-likeness (QED) is 0.863. The highest BCUT2D eigenvalue weighted by atomic mass is 35.5. The van der Waals surface area contributed by atoms with Gasteiger partial charge in [0.1, 0.15) is 5.75 Å². The zero-order valence-corrected chi connectivity index (χ0v) is 15.2. The van der Waals surface area contributed by atoms with Crippen molar-refractivity contribution in [3.8, 4) is 5.75 Å². The van der Waals surface area contributed by atoms with Crippen molar-refractivity contribution in [2.45, 2.75) is 32.6 Å². The van der Waals surface area contributed by atoms with E-state index in [-0.39, 0.29) is 4.90 Å². The fraction of sp³-hybridized carbons (Fsp3) is 0.294. The first-order chi connectivity index (χ1) is 10.8.